The van der Waals surface area contributed by atoms with E-state index in [0.717, 1.165) is 0 Å². The summed E-state index contributed by atoms with van der Waals surface area (Å²) in [7, 11) is 0. The Balaban J connectivity index is 2.81. The molecule has 2 N–H and O–H groups in total. The standard InChI is InChI=1S/C10H12N2O5/c1-7-8(11-10(14)17-6-5-13)3-2-4-9(7)12(15)16/h2-4,13H,5-6H2,1H3,(H,11,14). The lowest BCUT2D eigenvalue weighted by Crippen LogP contribution is -2.16. The molecule has 1 amide bonds. The molecule has 0 aliphatic carbocycles. The number of ether oxygens (including phenoxy) is 1. The van der Waals surface area contributed by atoms with Crippen molar-refractivity contribution >= 4 is 17.5 Å². The molecular weight excluding hydrogens is 228 g/mol. The summed E-state index contributed by atoms with van der Waals surface area (Å²) in [6.07, 6.45) is -0.761. The summed E-state index contributed by atoms with van der Waals surface area (Å²) in [6.45, 7) is 1.13. The van der Waals surface area contributed by atoms with Gasteiger partial charge in [-0.25, -0.2) is 4.79 Å². The van der Waals surface area contributed by atoms with Gasteiger partial charge in [0.15, 0.2) is 0 Å². The van der Waals surface area contributed by atoms with E-state index in [4.69, 9.17) is 5.11 Å². The minimum Gasteiger partial charge on any atom is -0.447 e. The van der Waals surface area contributed by atoms with Crippen molar-refractivity contribution in [1.82, 2.24) is 0 Å². The van der Waals surface area contributed by atoms with Crippen LogP contribution < -0.4 is 5.32 Å². The maximum Gasteiger partial charge on any atom is 0.411 e. The van der Waals surface area contributed by atoms with E-state index >= 15 is 0 Å². The van der Waals surface area contributed by atoms with Gasteiger partial charge >= 0.3 is 6.09 Å². The number of aliphatic hydroxyl groups is 1. The van der Waals surface area contributed by atoms with Gasteiger partial charge in [-0.2, -0.15) is 0 Å². The fourth-order valence-corrected chi connectivity index (χ4v) is 1.24. The van der Waals surface area contributed by atoms with E-state index in [1.54, 1.807) is 0 Å². The van der Waals surface area contributed by atoms with Crippen molar-refractivity contribution < 1.29 is 19.6 Å². The highest BCUT2D eigenvalue weighted by Gasteiger charge is 2.14. The van der Waals surface area contributed by atoms with Gasteiger partial charge in [0.1, 0.15) is 6.61 Å². The first-order valence-corrected chi connectivity index (χ1v) is 4.85. The summed E-state index contributed by atoms with van der Waals surface area (Å²) < 4.78 is 4.58. The van der Waals surface area contributed by atoms with E-state index in [1.807, 2.05) is 0 Å². The maximum atomic E-state index is 11.2. The fraction of sp³-hybridized carbons (Fsp3) is 0.300. The lowest BCUT2D eigenvalue weighted by molar-refractivity contribution is -0.385. The number of benzene rings is 1. The van der Waals surface area contributed by atoms with Gasteiger partial charge in [0.2, 0.25) is 0 Å². The molecule has 92 valence electrons. The number of hydrogen-bond donors (Lipinski definition) is 2. The Morgan fingerprint density at radius 1 is 1.59 bits per heavy atom. The molecule has 1 rings (SSSR count). The summed E-state index contributed by atoms with van der Waals surface area (Å²) in [5.74, 6) is 0. The lowest BCUT2D eigenvalue weighted by Gasteiger charge is -2.08. The molecule has 7 heteroatoms. The number of nitro groups is 1. The molecule has 0 bridgehead atoms. The third-order valence-corrected chi connectivity index (χ3v) is 2.06. The van der Waals surface area contributed by atoms with Crippen molar-refractivity contribution in [1.29, 1.82) is 0 Å². The Bertz CT molecular complexity index is 433. The molecule has 0 fully saturated rings. The van der Waals surface area contributed by atoms with Crippen LogP contribution in [0.5, 0.6) is 0 Å². The predicted molar refractivity (Wildman–Crippen MR) is 59.9 cm³/mol. The van der Waals surface area contributed by atoms with Crippen LogP contribution in [0.3, 0.4) is 0 Å². The summed E-state index contributed by atoms with van der Waals surface area (Å²) in [4.78, 5) is 21.3. The molecule has 0 unspecified atom stereocenters. The predicted octanol–water partition coefficient (Wildman–Crippen LogP) is 1.44. The molecule has 0 aromatic heterocycles. The molecular formula is C10H12N2O5. The number of rotatable bonds is 4. The minimum atomic E-state index is -0.761. The second kappa shape index (κ2) is 5.80. The number of amides is 1. The number of nitrogens with one attached hydrogen (secondary N) is 1. The van der Waals surface area contributed by atoms with Crippen molar-refractivity contribution in [2.75, 3.05) is 18.5 Å². The zero-order valence-corrected chi connectivity index (χ0v) is 9.17. The van der Waals surface area contributed by atoms with Gasteiger partial charge in [-0.3, -0.25) is 15.4 Å². The van der Waals surface area contributed by atoms with Crippen LogP contribution in [-0.4, -0.2) is 29.3 Å². The first-order valence-electron chi connectivity index (χ1n) is 4.85. The van der Waals surface area contributed by atoms with Gasteiger partial charge in [0.05, 0.1) is 22.8 Å². The normalized spacial score (nSPS) is 9.76. The van der Waals surface area contributed by atoms with Crippen LogP contribution in [0.1, 0.15) is 5.56 Å². The summed E-state index contributed by atoms with van der Waals surface area (Å²) in [6, 6.07) is 4.34. The van der Waals surface area contributed by atoms with Crippen LogP contribution in [0.2, 0.25) is 0 Å². The topological polar surface area (TPSA) is 102 Å². The number of hydrogen-bond acceptors (Lipinski definition) is 5. The third kappa shape index (κ3) is 3.42. The highest BCUT2D eigenvalue weighted by Crippen LogP contribution is 2.24. The van der Waals surface area contributed by atoms with E-state index in [-0.39, 0.29) is 18.9 Å². The number of carbonyl (C=O) groups excluding carboxylic acids is 1. The lowest BCUT2D eigenvalue weighted by atomic mass is 10.1. The number of nitrogens with zero attached hydrogens (tertiary/aromatic N) is 1. The average Bonchev–Trinajstić information content (AvgIpc) is 2.28. The van der Waals surface area contributed by atoms with Gasteiger partial charge in [-0.15, -0.1) is 0 Å². The van der Waals surface area contributed by atoms with Gasteiger partial charge < -0.3 is 9.84 Å². The molecule has 0 radical (unpaired) electrons. The number of aliphatic hydroxyl groups excluding tert-OH is 1. The average molecular weight is 240 g/mol. The number of anilines is 1. The molecule has 17 heavy (non-hydrogen) atoms. The Hall–Kier alpha value is -2.15. The molecule has 7 nitrogen and oxygen atoms in total. The maximum absolute atomic E-state index is 11.2. The molecule has 0 heterocycles. The summed E-state index contributed by atoms with van der Waals surface area (Å²) in [5, 5.41) is 21.5. The molecule has 0 aliphatic rings. The van der Waals surface area contributed by atoms with Crippen LogP contribution >= 0.6 is 0 Å². The quantitative estimate of drug-likeness (QED) is 0.612. The first kappa shape index (κ1) is 12.9. The Kier molecular flexibility index (Phi) is 4.41. The number of carbonyl (C=O) groups is 1. The van der Waals surface area contributed by atoms with Gasteiger partial charge in [0, 0.05) is 6.07 Å². The molecule has 0 spiro atoms. The molecule has 0 aliphatic heterocycles. The fourth-order valence-electron chi connectivity index (χ4n) is 1.24. The SMILES string of the molecule is Cc1c(NC(=O)OCCO)cccc1[N+](=O)[O-]. The molecule has 1 aromatic carbocycles. The summed E-state index contributed by atoms with van der Waals surface area (Å²) >= 11 is 0. The van der Waals surface area contributed by atoms with Crippen molar-refractivity contribution in [3.8, 4) is 0 Å². The van der Waals surface area contributed by atoms with Crippen LogP contribution in [0.15, 0.2) is 18.2 Å². The van der Waals surface area contributed by atoms with Gasteiger partial charge in [0.25, 0.3) is 5.69 Å². The Morgan fingerprint density at radius 2 is 2.29 bits per heavy atom. The highest BCUT2D eigenvalue weighted by atomic mass is 16.6. The first-order chi connectivity index (χ1) is 8.06. The second-order valence-electron chi connectivity index (χ2n) is 3.19. The minimum absolute atomic E-state index is 0.0787. The van der Waals surface area contributed by atoms with E-state index < -0.39 is 11.0 Å². The largest absolute Gasteiger partial charge is 0.447 e. The van der Waals surface area contributed by atoms with Crippen molar-refractivity contribution in [2.45, 2.75) is 6.92 Å². The van der Waals surface area contributed by atoms with E-state index in [9.17, 15) is 14.9 Å². The Morgan fingerprint density at radius 3 is 2.88 bits per heavy atom. The number of nitro benzene ring substituents is 1. The van der Waals surface area contributed by atoms with E-state index in [0.29, 0.717) is 11.3 Å². The monoisotopic (exact) mass is 240 g/mol. The van der Waals surface area contributed by atoms with E-state index in [2.05, 4.69) is 10.1 Å². The van der Waals surface area contributed by atoms with Crippen molar-refractivity contribution in [3.05, 3.63) is 33.9 Å². The second-order valence-corrected chi connectivity index (χ2v) is 3.19. The van der Waals surface area contributed by atoms with Crippen LogP contribution in [0, 0.1) is 17.0 Å². The zero-order chi connectivity index (χ0) is 12.8. The van der Waals surface area contributed by atoms with Gasteiger partial charge in [-0.05, 0) is 13.0 Å². The molecule has 1 aromatic rings. The van der Waals surface area contributed by atoms with Gasteiger partial charge in [-0.1, -0.05) is 6.07 Å². The molecule has 0 atom stereocenters. The molecule has 0 saturated heterocycles. The third-order valence-electron chi connectivity index (χ3n) is 2.06. The smallest absolute Gasteiger partial charge is 0.411 e. The highest BCUT2D eigenvalue weighted by molar-refractivity contribution is 5.86. The molecule has 0 saturated carbocycles. The van der Waals surface area contributed by atoms with Crippen LogP contribution in [-0.2, 0) is 4.74 Å². The zero-order valence-electron chi connectivity index (χ0n) is 9.17. The van der Waals surface area contributed by atoms with E-state index in [1.165, 1.54) is 25.1 Å². The van der Waals surface area contributed by atoms with Crippen molar-refractivity contribution in [3.63, 3.8) is 0 Å². The van der Waals surface area contributed by atoms with Crippen LogP contribution in [0.4, 0.5) is 16.2 Å². The van der Waals surface area contributed by atoms with Crippen LogP contribution in [0.25, 0.3) is 0 Å². The van der Waals surface area contributed by atoms with Crippen molar-refractivity contribution in [2.24, 2.45) is 0 Å². The summed E-state index contributed by atoms with van der Waals surface area (Å²) in [5.41, 5.74) is 0.575. The Labute approximate surface area is 97.2 Å².